The fourth-order valence-electron chi connectivity index (χ4n) is 5.83. The Balaban J connectivity index is 1.14. The van der Waals surface area contributed by atoms with Gasteiger partial charge >= 0.3 is 0 Å². The van der Waals surface area contributed by atoms with Crippen molar-refractivity contribution in [3.63, 3.8) is 0 Å². The van der Waals surface area contributed by atoms with Gasteiger partial charge in [-0.3, -0.25) is 19.3 Å². The number of aliphatic imine (C=N–C) groups is 1. The highest BCUT2D eigenvalue weighted by molar-refractivity contribution is 6.21. The summed E-state index contributed by atoms with van der Waals surface area (Å²) in [5, 5.41) is 17.7. The molecule has 2 aliphatic carbocycles. The topological polar surface area (TPSA) is 186 Å². The number of ether oxygens (including phenoxy) is 1. The molecular weight excluding hydrogens is 534 g/mol. The van der Waals surface area contributed by atoms with Gasteiger partial charge in [-0.25, -0.2) is 0 Å². The third-order valence-corrected chi connectivity index (χ3v) is 7.97. The molecular formula is C30H35N9O3. The lowest BCUT2D eigenvalue weighted by atomic mass is 9.53. The lowest BCUT2D eigenvalue weighted by Gasteiger charge is -2.57. The Bertz CT molecular complexity index is 1580. The molecule has 0 atom stereocenters. The fraction of sp³-hybridized carbons (Fsp3) is 0.333. The minimum atomic E-state index is -0.659. The van der Waals surface area contributed by atoms with Crippen LogP contribution in [0.2, 0.25) is 0 Å². The van der Waals surface area contributed by atoms with E-state index < -0.39 is 5.91 Å². The number of carbonyl (C=O) groups is 2. The first-order valence-electron chi connectivity index (χ1n) is 13.7. The van der Waals surface area contributed by atoms with E-state index in [4.69, 9.17) is 21.6 Å². The number of anilines is 1. The first-order chi connectivity index (χ1) is 20.1. The van der Waals surface area contributed by atoms with Crippen molar-refractivity contribution in [3.8, 4) is 17.0 Å². The van der Waals surface area contributed by atoms with Gasteiger partial charge in [0.1, 0.15) is 17.5 Å². The van der Waals surface area contributed by atoms with Gasteiger partial charge in [0.05, 0.1) is 23.2 Å². The van der Waals surface area contributed by atoms with Crippen molar-refractivity contribution in [2.24, 2.45) is 28.9 Å². The van der Waals surface area contributed by atoms with Crippen LogP contribution in [-0.2, 0) is 11.8 Å². The Morgan fingerprint density at radius 3 is 2.48 bits per heavy atom. The maximum absolute atomic E-state index is 13.0. The molecule has 42 heavy (non-hydrogen) atoms. The van der Waals surface area contributed by atoms with Crippen LogP contribution in [0.25, 0.3) is 11.1 Å². The lowest BCUT2D eigenvalue weighted by Crippen LogP contribution is -2.59. The van der Waals surface area contributed by atoms with Crippen LogP contribution < -0.4 is 26.8 Å². The molecule has 1 spiro atoms. The SMILES string of the molecule is CNc1nc(OC2CC3(CC(NC(=O)C(=CN)C(C)=Nc4ccc(-c5cnn(C)c5)cc4)C3)C2)c(C(N)=O)cc1C=N. The number of pyridine rings is 1. The molecule has 3 aromatic rings. The summed E-state index contributed by atoms with van der Waals surface area (Å²) in [6.45, 7) is 1.77. The Labute approximate surface area is 243 Å². The number of nitrogens with one attached hydrogen (secondary N) is 3. The normalized spacial score (nSPS) is 21.7. The zero-order chi connectivity index (χ0) is 30.0. The van der Waals surface area contributed by atoms with Crippen LogP contribution >= 0.6 is 0 Å². The molecule has 12 nitrogen and oxygen atoms in total. The molecule has 2 aliphatic rings. The van der Waals surface area contributed by atoms with Crippen LogP contribution in [0, 0.1) is 10.8 Å². The summed E-state index contributed by atoms with van der Waals surface area (Å²) in [5.41, 5.74) is 15.7. The standard InChI is InChI=1S/C30H35N9O3/c1-17(36-21-6-4-18(5-7-21)20-15-35-39(3)16-20)25(14-32)28(41)37-22-9-30(10-22)11-23(12-30)42-29-24(26(33)40)8-19(13-31)27(34-2)38-29/h4-8,13-16,22-23,31H,9-12,32H2,1-3H3,(H2,33,40)(H,34,38)(H,37,41). The summed E-state index contributed by atoms with van der Waals surface area (Å²) >= 11 is 0. The number of nitrogens with two attached hydrogens (primary N) is 2. The number of nitrogens with zero attached hydrogens (tertiary/aromatic N) is 4. The van der Waals surface area contributed by atoms with Crippen molar-refractivity contribution in [2.75, 3.05) is 12.4 Å². The van der Waals surface area contributed by atoms with Crippen molar-refractivity contribution in [2.45, 2.75) is 44.8 Å². The quantitative estimate of drug-likeness (QED) is 0.183. The van der Waals surface area contributed by atoms with Crippen molar-refractivity contribution >= 4 is 35.2 Å². The monoisotopic (exact) mass is 569 g/mol. The predicted molar refractivity (Wildman–Crippen MR) is 161 cm³/mol. The van der Waals surface area contributed by atoms with Gasteiger partial charge in [-0.1, -0.05) is 12.1 Å². The summed E-state index contributed by atoms with van der Waals surface area (Å²) in [6.07, 6.45) is 9.27. The number of hydrogen-bond acceptors (Lipinski definition) is 9. The van der Waals surface area contributed by atoms with Crippen LogP contribution in [0.15, 0.2) is 59.5 Å². The van der Waals surface area contributed by atoms with E-state index in [0.29, 0.717) is 22.7 Å². The second kappa shape index (κ2) is 11.5. The number of amides is 2. The molecule has 218 valence electrons. The van der Waals surface area contributed by atoms with Crippen molar-refractivity contribution in [1.29, 1.82) is 5.41 Å². The Kier molecular flexibility index (Phi) is 7.79. The smallest absolute Gasteiger partial charge is 0.254 e. The molecule has 0 radical (unpaired) electrons. The zero-order valence-electron chi connectivity index (χ0n) is 23.8. The zero-order valence-corrected chi connectivity index (χ0v) is 23.8. The maximum Gasteiger partial charge on any atom is 0.254 e. The minimum Gasteiger partial charge on any atom is -0.474 e. The van der Waals surface area contributed by atoms with E-state index in [2.05, 4.69) is 25.7 Å². The lowest BCUT2D eigenvalue weighted by molar-refractivity contribution is -0.123. The van der Waals surface area contributed by atoms with Gasteiger partial charge in [0.2, 0.25) is 5.88 Å². The van der Waals surface area contributed by atoms with Gasteiger partial charge in [0.25, 0.3) is 11.8 Å². The molecule has 0 aliphatic heterocycles. The first kappa shape index (κ1) is 28.5. The molecule has 7 N–H and O–H groups in total. The highest BCUT2D eigenvalue weighted by Crippen LogP contribution is 2.57. The van der Waals surface area contributed by atoms with Crippen LogP contribution in [-0.4, -0.2) is 57.7 Å². The molecule has 1 aromatic carbocycles. The van der Waals surface area contributed by atoms with E-state index in [-0.39, 0.29) is 34.9 Å². The van der Waals surface area contributed by atoms with Gasteiger partial charge in [0, 0.05) is 49.9 Å². The first-order valence-corrected chi connectivity index (χ1v) is 13.7. The number of aryl methyl sites for hydroxylation is 1. The van der Waals surface area contributed by atoms with E-state index in [0.717, 1.165) is 48.7 Å². The molecule has 0 saturated heterocycles. The van der Waals surface area contributed by atoms with Crippen LogP contribution in [0.4, 0.5) is 11.5 Å². The van der Waals surface area contributed by atoms with E-state index in [1.807, 2.05) is 37.5 Å². The van der Waals surface area contributed by atoms with E-state index >= 15 is 0 Å². The highest BCUT2D eigenvalue weighted by atomic mass is 16.5. The van der Waals surface area contributed by atoms with Gasteiger partial charge in [-0.15, -0.1) is 0 Å². The molecule has 2 saturated carbocycles. The second-order valence-electron chi connectivity index (χ2n) is 11.0. The van der Waals surface area contributed by atoms with E-state index in [1.54, 1.807) is 24.9 Å². The number of hydrogen-bond donors (Lipinski definition) is 5. The van der Waals surface area contributed by atoms with Crippen molar-refractivity contribution in [3.05, 3.63) is 65.6 Å². The number of primary amides is 1. The molecule has 12 heteroatoms. The summed E-state index contributed by atoms with van der Waals surface area (Å²) in [4.78, 5) is 34.0. The summed E-state index contributed by atoms with van der Waals surface area (Å²) in [6, 6.07) is 9.26. The largest absolute Gasteiger partial charge is 0.474 e. The van der Waals surface area contributed by atoms with Gasteiger partial charge in [0.15, 0.2) is 0 Å². The summed E-state index contributed by atoms with van der Waals surface area (Å²) in [5.74, 6) is -0.303. The molecule has 5 rings (SSSR count). The Morgan fingerprint density at radius 2 is 1.90 bits per heavy atom. The highest BCUT2D eigenvalue weighted by Gasteiger charge is 2.54. The third kappa shape index (κ3) is 5.73. The Hall–Kier alpha value is -5.00. The number of aromatic nitrogens is 3. The summed E-state index contributed by atoms with van der Waals surface area (Å²) < 4.78 is 7.80. The van der Waals surface area contributed by atoms with E-state index in [1.165, 1.54) is 12.3 Å². The molecule has 2 fully saturated rings. The molecule has 2 aromatic heterocycles. The Morgan fingerprint density at radius 1 is 1.19 bits per heavy atom. The minimum absolute atomic E-state index is 0.0297. The van der Waals surface area contributed by atoms with Gasteiger partial charge < -0.3 is 32.2 Å². The number of carbonyl (C=O) groups excluding carboxylic acids is 2. The second-order valence-corrected chi connectivity index (χ2v) is 11.0. The van der Waals surface area contributed by atoms with Crippen molar-refractivity contribution in [1.82, 2.24) is 20.1 Å². The van der Waals surface area contributed by atoms with Crippen LogP contribution in [0.3, 0.4) is 0 Å². The van der Waals surface area contributed by atoms with Gasteiger partial charge in [-0.2, -0.15) is 10.1 Å². The third-order valence-electron chi connectivity index (χ3n) is 7.97. The van der Waals surface area contributed by atoms with Gasteiger partial charge in [-0.05, 0) is 61.8 Å². The number of benzene rings is 1. The van der Waals surface area contributed by atoms with Crippen LogP contribution in [0.1, 0.15) is 48.5 Å². The molecule has 0 bridgehead atoms. The number of rotatable bonds is 10. The fourth-order valence-corrected chi connectivity index (χ4v) is 5.83. The maximum atomic E-state index is 13.0. The summed E-state index contributed by atoms with van der Waals surface area (Å²) in [7, 11) is 3.56. The van der Waals surface area contributed by atoms with Crippen LogP contribution in [0.5, 0.6) is 5.88 Å². The average molecular weight is 570 g/mol. The van der Waals surface area contributed by atoms with Crippen molar-refractivity contribution < 1.29 is 14.3 Å². The average Bonchev–Trinajstić information content (AvgIpc) is 3.37. The predicted octanol–water partition coefficient (Wildman–Crippen LogP) is 3.06. The van der Waals surface area contributed by atoms with E-state index in [9.17, 15) is 9.59 Å². The molecule has 0 unspecified atom stereocenters. The molecule has 2 amide bonds. The molecule has 2 heterocycles.